The van der Waals surface area contributed by atoms with Gasteiger partial charge in [-0.25, -0.2) is 0 Å². The van der Waals surface area contributed by atoms with E-state index >= 15 is 0 Å². The molecule has 2 rings (SSSR count). The summed E-state index contributed by atoms with van der Waals surface area (Å²) in [5.41, 5.74) is 1.13. The molecule has 0 aliphatic carbocycles. The minimum Gasteiger partial charge on any atom is -0.325 e. The van der Waals surface area contributed by atoms with Crippen LogP contribution < -0.4 is 0 Å². The number of rotatable bonds is 5. The van der Waals surface area contributed by atoms with Crippen LogP contribution in [0, 0.1) is 0 Å². The van der Waals surface area contributed by atoms with E-state index in [-0.39, 0.29) is 11.3 Å². The Hall–Kier alpha value is -0.680. The highest BCUT2D eigenvalue weighted by Gasteiger charge is 2.32. The Balaban J connectivity index is 2.03. The van der Waals surface area contributed by atoms with Crippen LogP contribution in [0.2, 0.25) is 0 Å². The van der Waals surface area contributed by atoms with Gasteiger partial charge < -0.3 is 4.90 Å². The van der Waals surface area contributed by atoms with Crippen molar-refractivity contribution < 1.29 is 4.79 Å². The van der Waals surface area contributed by atoms with Crippen LogP contribution in [-0.4, -0.2) is 39.6 Å². The molecule has 0 saturated carbocycles. The first-order chi connectivity index (χ1) is 8.33. The molecule has 1 unspecified atom stereocenters. The van der Waals surface area contributed by atoms with E-state index in [1.807, 2.05) is 35.0 Å². The van der Waals surface area contributed by atoms with E-state index in [9.17, 15) is 4.79 Å². The van der Waals surface area contributed by atoms with Gasteiger partial charge in [-0.05, 0) is 11.8 Å². The molecule has 0 spiro atoms. The number of amides is 1. The molecule has 92 valence electrons. The van der Waals surface area contributed by atoms with Crippen molar-refractivity contribution in [3.63, 3.8) is 0 Å². The maximum absolute atomic E-state index is 11.8. The smallest absolute Gasteiger partial charge is 0.233 e. The molecule has 5 heteroatoms. The van der Waals surface area contributed by atoms with E-state index in [1.165, 1.54) is 0 Å². The number of pyridine rings is 1. The summed E-state index contributed by atoms with van der Waals surface area (Å²) in [5.74, 6) is 2.96. The van der Waals surface area contributed by atoms with Gasteiger partial charge in [0.05, 0.1) is 5.75 Å². The highest BCUT2D eigenvalue weighted by atomic mass is 32.2. The number of carbonyl (C=O) groups excluding carboxylic acids is 1. The van der Waals surface area contributed by atoms with Gasteiger partial charge in [-0.15, -0.1) is 11.8 Å². The van der Waals surface area contributed by atoms with Crippen molar-refractivity contribution in [1.29, 1.82) is 0 Å². The Morgan fingerprint density at radius 3 is 3.24 bits per heavy atom. The maximum atomic E-state index is 11.8. The van der Waals surface area contributed by atoms with Gasteiger partial charge >= 0.3 is 0 Å². The standard InChI is InChI=1S/C12H16N2OS2/c1-2-16-7-6-14-11(15)9-17-12(14)10-4-3-5-13-8-10/h3-5,8,12H,2,6-7,9H2,1H3. The number of hydrogen-bond acceptors (Lipinski definition) is 4. The fourth-order valence-corrected chi connectivity index (χ4v) is 3.62. The lowest BCUT2D eigenvalue weighted by Gasteiger charge is -2.23. The number of thioether (sulfide) groups is 2. The summed E-state index contributed by atoms with van der Waals surface area (Å²) in [7, 11) is 0. The van der Waals surface area contributed by atoms with Gasteiger partial charge in [0, 0.05) is 30.3 Å². The molecule has 1 fully saturated rings. The predicted octanol–water partition coefficient (Wildman–Crippen LogP) is 2.41. The van der Waals surface area contributed by atoms with Crippen LogP contribution in [0.25, 0.3) is 0 Å². The summed E-state index contributed by atoms with van der Waals surface area (Å²) in [6.45, 7) is 2.98. The zero-order valence-electron chi connectivity index (χ0n) is 9.83. The van der Waals surface area contributed by atoms with E-state index in [0.717, 1.165) is 23.6 Å². The Morgan fingerprint density at radius 1 is 1.65 bits per heavy atom. The molecule has 2 heterocycles. The van der Waals surface area contributed by atoms with E-state index in [2.05, 4.69) is 11.9 Å². The lowest BCUT2D eigenvalue weighted by molar-refractivity contribution is -0.127. The first-order valence-corrected chi connectivity index (χ1v) is 7.92. The van der Waals surface area contributed by atoms with Gasteiger partial charge in [-0.1, -0.05) is 13.0 Å². The third kappa shape index (κ3) is 3.16. The third-order valence-electron chi connectivity index (χ3n) is 2.62. The highest BCUT2D eigenvalue weighted by molar-refractivity contribution is 8.00. The monoisotopic (exact) mass is 268 g/mol. The minimum atomic E-state index is 0.161. The van der Waals surface area contributed by atoms with Crippen LogP contribution in [0.5, 0.6) is 0 Å². The van der Waals surface area contributed by atoms with Crippen molar-refractivity contribution in [2.24, 2.45) is 0 Å². The summed E-state index contributed by atoms with van der Waals surface area (Å²) in [6, 6.07) is 3.97. The van der Waals surface area contributed by atoms with Crippen LogP contribution in [0.1, 0.15) is 17.9 Å². The Bertz CT molecular complexity index is 372. The molecule has 0 N–H and O–H groups in total. The van der Waals surface area contributed by atoms with Crippen LogP contribution in [0.3, 0.4) is 0 Å². The van der Waals surface area contributed by atoms with Crippen molar-refractivity contribution in [3.8, 4) is 0 Å². The first kappa shape index (κ1) is 12.8. The van der Waals surface area contributed by atoms with E-state index < -0.39 is 0 Å². The van der Waals surface area contributed by atoms with Crippen molar-refractivity contribution in [2.75, 3.05) is 23.8 Å². The molecule has 0 bridgehead atoms. The third-order valence-corrected chi connectivity index (χ3v) is 4.75. The number of hydrogen-bond donors (Lipinski definition) is 0. The maximum Gasteiger partial charge on any atom is 0.233 e. The fourth-order valence-electron chi connectivity index (χ4n) is 1.80. The topological polar surface area (TPSA) is 33.2 Å². The van der Waals surface area contributed by atoms with Crippen molar-refractivity contribution in [1.82, 2.24) is 9.88 Å². The zero-order valence-corrected chi connectivity index (χ0v) is 11.5. The molecule has 1 aromatic rings. The normalized spacial score (nSPS) is 19.9. The lowest BCUT2D eigenvalue weighted by Crippen LogP contribution is -2.30. The molecular weight excluding hydrogens is 252 g/mol. The van der Waals surface area contributed by atoms with Crippen molar-refractivity contribution in [3.05, 3.63) is 30.1 Å². The van der Waals surface area contributed by atoms with Crippen molar-refractivity contribution >= 4 is 29.4 Å². The quantitative estimate of drug-likeness (QED) is 0.768. The largest absolute Gasteiger partial charge is 0.325 e. The summed E-state index contributed by atoms with van der Waals surface area (Å²) >= 11 is 3.57. The van der Waals surface area contributed by atoms with Crippen LogP contribution in [0.4, 0.5) is 0 Å². The molecule has 1 aliphatic heterocycles. The molecule has 17 heavy (non-hydrogen) atoms. The van der Waals surface area contributed by atoms with Crippen LogP contribution in [0.15, 0.2) is 24.5 Å². The number of carbonyl (C=O) groups is 1. The van der Waals surface area contributed by atoms with Crippen LogP contribution in [-0.2, 0) is 4.79 Å². The molecule has 1 saturated heterocycles. The van der Waals surface area contributed by atoms with Gasteiger partial charge in [-0.3, -0.25) is 9.78 Å². The van der Waals surface area contributed by atoms with E-state index in [0.29, 0.717) is 5.75 Å². The first-order valence-electron chi connectivity index (χ1n) is 5.71. The second-order valence-corrected chi connectivity index (χ2v) is 6.20. The molecule has 0 radical (unpaired) electrons. The highest BCUT2D eigenvalue weighted by Crippen LogP contribution is 2.37. The molecule has 1 atom stereocenters. The predicted molar refractivity (Wildman–Crippen MR) is 74.1 cm³/mol. The van der Waals surface area contributed by atoms with Crippen LogP contribution >= 0.6 is 23.5 Å². The molecular formula is C12H16N2OS2. The van der Waals surface area contributed by atoms with Crippen molar-refractivity contribution in [2.45, 2.75) is 12.3 Å². The summed E-state index contributed by atoms with van der Waals surface area (Å²) < 4.78 is 0. The molecule has 1 aliphatic rings. The average molecular weight is 268 g/mol. The average Bonchev–Trinajstić information content (AvgIpc) is 2.73. The Kier molecular flexibility index (Phi) is 4.74. The lowest BCUT2D eigenvalue weighted by atomic mass is 10.2. The summed E-state index contributed by atoms with van der Waals surface area (Å²) in [5, 5.41) is 0.161. The Labute approximate surface area is 110 Å². The fraction of sp³-hybridized carbons (Fsp3) is 0.500. The van der Waals surface area contributed by atoms with Gasteiger partial charge in [0.2, 0.25) is 5.91 Å². The number of aromatic nitrogens is 1. The molecule has 1 aromatic heterocycles. The number of nitrogens with zero attached hydrogens (tertiary/aromatic N) is 2. The molecule has 0 aromatic carbocycles. The SMILES string of the molecule is CCSCCN1C(=O)CSC1c1cccnc1. The van der Waals surface area contributed by atoms with Gasteiger partial charge in [0.15, 0.2) is 0 Å². The minimum absolute atomic E-state index is 0.161. The Morgan fingerprint density at radius 2 is 2.53 bits per heavy atom. The van der Waals surface area contributed by atoms with E-state index in [1.54, 1.807) is 18.0 Å². The summed E-state index contributed by atoms with van der Waals surface area (Å²) in [6.07, 6.45) is 3.62. The van der Waals surface area contributed by atoms with Gasteiger partial charge in [-0.2, -0.15) is 11.8 Å². The van der Waals surface area contributed by atoms with Gasteiger partial charge in [0.1, 0.15) is 5.37 Å². The van der Waals surface area contributed by atoms with E-state index in [4.69, 9.17) is 0 Å². The van der Waals surface area contributed by atoms with Gasteiger partial charge in [0.25, 0.3) is 0 Å². The second kappa shape index (κ2) is 6.31. The second-order valence-electron chi connectivity index (χ2n) is 3.73. The molecule has 3 nitrogen and oxygen atoms in total. The zero-order chi connectivity index (χ0) is 12.1. The summed E-state index contributed by atoms with van der Waals surface area (Å²) in [4.78, 5) is 17.9. The molecule has 1 amide bonds.